The van der Waals surface area contributed by atoms with Crippen LogP contribution in [0.3, 0.4) is 0 Å². The second kappa shape index (κ2) is 7.77. The molecule has 1 aliphatic rings. The molecule has 0 saturated carbocycles. The number of sulfonamides is 1. The van der Waals surface area contributed by atoms with Crippen LogP contribution < -0.4 is 5.32 Å². The summed E-state index contributed by atoms with van der Waals surface area (Å²) in [7, 11) is -3.75. The average molecular weight is 429 g/mol. The molecule has 158 valence electrons. The van der Waals surface area contributed by atoms with Crippen molar-refractivity contribution in [1.29, 1.82) is 0 Å². The second-order valence-corrected chi connectivity index (χ2v) is 9.30. The van der Waals surface area contributed by atoms with Crippen molar-refractivity contribution in [3.63, 3.8) is 0 Å². The van der Waals surface area contributed by atoms with Gasteiger partial charge >= 0.3 is 0 Å². The summed E-state index contributed by atoms with van der Waals surface area (Å²) in [5, 5.41) is 6.93. The van der Waals surface area contributed by atoms with E-state index in [9.17, 15) is 8.42 Å². The van der Waals surface area contributed by atoms with Crippen LogP contribution >= 0.6 is 0 Å². The first-order valence-electron chi connectivity index (χ1n) is 9.76. The Morgan fingerprint density at radius 3 is 2.50 bits per heavy atom. The third kappa shape index (κ3) is 3.80. The van der Waals surface area contributed by atoms with Gasteiger partial charge in [0.15, 0.2) is 5.76 Å². The van der Waals surface area contributed by atoms with Crippen LogP contribution in [0.2, 0.25) is 0 Å². The molecule has 1 aliphatic heterocycles. The Bertz CT molecular complexity index is 1150. The van der Waals surface area contributed by atoms with Crippen molar-refractivity contribution in [3.05, 3.63) is 52.8 Å². The van der Waals surface area contributed by atoms with Crippen LogP contribution in [0.5, 0.6) is 0 Å². The average Bonchev–Trinajstić information content (AvgIpc) is 3.28. The van der Waals surface area contributed by atoms with Gasteiger partial charge in [0.05, 0.1) is 11.7 Å². The lowest BCUT2D eigenvalue weighted by molar-refractivity contribution is 0.381. The molecule has 1 fully saturated rings. The Kier molecular flexibility index (Phi) is 5.29. The zero-order chi connectivity index (χ0) is 21.5. The van der Waals surface area contributed by atoms with Gasteiger partial charge < -0.3 is 9.84 Å². The van der Waals surface area contributed by atoms with Gasteiger partial charge in [0.2, 0.25) is 16.0 Å². The van der Waals surface area contributed by atoms with Crippen molar-refractivity contribution < 1.29 is 12.9 Å². The number of hydrogen-bond donors (Lipinski definition) is 1. The monoisotopic (exact) mass is 428 g/mol. The predicted molar refractivity (Wildman–Crippen MR) is 111 cm³/mol. The van der Waals surface area contributed by atoms with Gasteiger partial charge in [-0.1, -0.05) is 11.2 Å². The molecule has 0 amide bonds. The third-order valence-electron chi connectivity index (χ3n) is 5.07. The Morgan fingerprint density at radius 2 is 1.83 bits per heavy atom. The Labute approximate surface area is 175 Å². The molecule has 4 heterocycles. The van der Waals surface area contributed by atoms with E-state index in [0.29, 0.717) is 41.9 Å². The van der Waals surface area contributed by atoms with Gasteiger partial charge in [-0.3, -0.25) is 0 Å². The highest BCUT2D eigenvalue weighted by Crippen LogP contribution is 2.37. The molecule has 0 aromatic carbocycles. The van der Waals surface area contributed by atoms with Gasteiger partial charge in [-0.05, 0) is 58.7 Å². The molecule has 3 aromatic rings. The molecule has 1 atom stereocenters. The highest BCUT2D eigenvalue weighted by molar-refractivity contribution is 7.89. The van der Waals surface area contributed by atoms with Crippen LogP contribution in [0.25, 0.3) is 0 Å². The first kappa shape index (κ1) is 20.4. The van der Waals surface area contributed by atoms with E-state index in [1.165, 1.54) is 4.31 Å². The lowest BCUT2D eigenvalue weighted by Crippen LogP contribution is -2.31. The number of pyridine rings is 1. The van der Waals surface area contributed by atoms with Crippen molar-refractivity contribution in [2.45, 2.75) is 51.5 Å². The van der Waals surface area contributed by atoms with Crippen LogP contribution in [0.15, 0.2) is 33.7 Å². The molecular formula is C20H24N6O3S. The summed E-state index contributed by atoms with van der Waals surface area (Å²) in [4.78, 5) is 13.6. The van der Waals surface area contributed by atoms with E-state index in [1.54, 1.807) is 13.8 Å². The van der Waals surface area contributed by atoms with E-state index in [4.69, 9.17) is 4.52 Å². The molecule has 10 heteroatoms. The summed E-state index contributed by atoms with van der Waals surface area (Å²) in [6.45, 7) is 7.49. The van der Waals surface area contributed by atoms with Crippen molar-refractivity contribution in [2.24, 2.45) is 0 Å². The summed E-state index contributed by atoms with van der Waals surface area (Å²) >= 11 is 0. The van der Waals surface area contributed by atoms with Gasteiger partial charge in [0, 0.05) is 17.9 Å². The van der Waals surface area contributed by atoms with E-state index in [0.717, 1.165) is 17.8 Å². The number of nitrogens with zero attached hydrogens (tertiary/aromatic N) is 5. The first-order chi connectivity index (χ1) is 14.3. The van der Waals surface area contributed by atoms with E-state index >= 15 is 0 Å². The number of rotatable bonds is 5. The molecule has 3 aromatic heterocycles. The third-order valence-corrected chi connectivity index (χ3v) is 7.23. The maximum absolute atomic E-state index is 13.3. The van der Waals surface area contributed by atoms with Crippen molar-refractivity contribution in [3.8, 4) is 0 Å². The smallest absolute Gasteiger partial charge is 0.249 e. The summed E-state index contributed by atoms with van der Waals surface area (Å²) in [5.41, 5.74) is 2.76. The van der Waals surface area contributed by atoms with E-state index < -0.39 is 10.0 Å². The lowest BCUT2D eigenvalue weighted by atomic mass is 10.1. The maximum Gasteiger partial charge on any atom is 0.249 e. The molecule has 0 radical (unpaired) electrons. The Morgan fingerprint density at radius 1 is 1.10 bits per heavy atom. The minimum absolute atomic E-state index is 0.146. The molecule has 4 rings (SSSR count). The van der Waals surface area contributed by atoms with Crippen LogP contribution in [0, 0.1) is 27.7 Å². The van der Waals surface area contributed by atoms with Crippen LogP contribution in [0.4, 0.5) is 11.8 Å². The van der Waals surface area contributed by atoms with Crippen molar-refractivity contribution in [2.75, 3.05) is 11.9 Å². The molecule has 30 heavy (non-hydrogen) atoms. The lowest BCUT2D eigenvalue weighted by Gasteiger charge is -2.23. The van der Waals surface area contributed by atoms with Gasteiger partial charge in [0.25, 0.3) is 0 Å². The van der Waals surface area contributed by atoms with E-state index in [1.807, 2.05) is 38.1 Å². The van der Waals surface area contributed by atoms with Crippen molar-refractivity contribution >= 4 is 21.8 Å². The standard InChI is InChI=1S/C20H24N6O3S/c1-12-11-13(2)22-20(21-12)24-18-9-5-7-16(23-18)17-8-6-10-26(17)30(27,28)19-14(3)25-29-15(19)4/h5,7,9,11,17H,6,8,10H2,1-4H3,(H,21,22,23,24). The molecular weight excluding hydrogens is 404 g/mol. The molecule has 1 saturated heterocycles. The quantitative estimate of drug-likeness (QED) is 0.658. The zero-order valence-electron chi connectivity index (χ0n) is 17.4. The summed E-state index contributed by atoms with van der Waals surface area (Å²) in [6, 6.07) is 7.05. The summed E-state index contributed by atoms with van der Waals surface area (Å²) < 4.78 is 33.3. The van der Waals surface area contributed by atoms with Crippen LogP contribution in [-0.4, -0.2) is 39.4 Å². The molecule has 1 N–H and O–H groups in total. The van der Waals surface area contributed by atoms with Crippen molar-refractivity contribution in [1.82, 2.24) is 24.4 Å². The molecule has 0 bridgehead atoms. The summed E-state index contributed by atoms with van der Waals surface area (Å²) in [5.74, 6) is 1.33. The fourth-order valence-corrected chi connectivity index (χ4v) is 5.85. The number of aromatic nitrogens is 4. The van der Waals surface area contributed by atoms with Gasteiger partial charge in [-0.25, -0.2) is 23.4 Å². The number of nitrogens with one attached hydrogen (secondary N) is 1. The van der Waals surface area contributed by atoms with Gasteiger partial charge in [-0.2, -0.15) is 4.31 Å². The zero-order valence-corrected chi connectivity index (χ0v) is 18.2. The summed E-state index contributed by atoms with van der Waals surface area (Å²) in [6.07, 6.45) is 1.45. The SMILES string of the molecule is Cc1cc(C)nc(Nc2cccc(C3CCCN3S(=O)(=O)c3c(C)noc3C)n2)n1. The van der Waals surface area contributed by atoms with Crippen LogP contribution in [0.1, 0.15) is 47.4 Å². The maximum atomic E-state index is 13.3. The molecule has 0 spiro atoms. The highest BCUT2D eigenvalue weighted by Gasteiger charge is 2.39. The van der Waals surface area contributed by atoms with Gasteiger partial charge in [-0.15, -0.1) is 0 Å². The molecule has 9 nitrogen and oxygen atoms in total. The molecule has 0 aliphatic carbocycles. The fraction of sp³-hybridized carbons (Fsp3) is 0.400. The minimum atomic E-state index is -3.75. The van der Waals surface area contributed by atoms with Gasteiger partial charge in [0.1, 0.15) is 16.4 Å². The van der Waals surface area contributed by atoms with E-state index in [2.05, 4.69) is 25.4 Å². The Hall–Kier alpha value is -2.85. The second-order valence-electron chi connectivity index (χ2n) is 7.47. The number of anilines is 2. The number of hydrogen-bond acceptors (Lipinski definition) is 8. The minimum Gasteiger partial charge on any atom is -0.360 e. The fourth-order valence-electron chi connectivity index (χ4n) is 3.89. The van der Waals surface area contributed by atoms with E-state index in [-0.39, 0.29) is 10.9 Å². The highest BCUT2D eigenvalue weighted by atomic mass is 32.2. The largest absolute Gasteiger partial charge is 0.360 e. The Balaban J connectivity index is 1.64. The first-order valence-corrected chi connectivity index (χ1v) is 11.2. The molecule has 1 unspecified atom stereocenters. The number of aryl methyl sites for hydroxylation is 4. The topological polar surface area (TPSA) is 114 Å². The predicted octanol–water partition coefficient (Wildman–Crippen LogP) is 3.36. The normalized spacial score (nSPS) is 17.4. The van der Waals surface area contributed by atoms with Crippen LogP contribution in [-0.2, 0) is 10.0 Å².